The van der Waals surface area contributed by atoms with E-state index in [0.29, 0.717) is 26.1 Å². The van der Waals surface area contributed by atoms with Gasteiger partial charge in [-0.25, -0.2) is 4.79 Å². The third-order valence-electron chi connectivity index (χ3n) is 3.67. The molecule has 1 aromatic heterocycles. The van der Waals surface area contributed by atoms with E-state index in [-0.39, 0.29) is 11.9 Å². The minimum Gasteiger partial charge on any atom is -0.343 e. The second kappa shape index (κ2) is 8.02. The molecule has 0 radical (unpaired) electrons. The first-order chi connectivity index (χ1) is 10.2. The molecule has 0 bridgehead atoms. The van der Waals surface area contributed by atoms with Crippen molar-refractivity contribution in [3.63, 3.8) is 0 Å². The molecule has 1 aromatic rings. The molecular weight excluding hydrogens is 286 g/mol. The maximum Gasteiger partial charge on any atom is 0.317 e. The van der Waals surface area contributed by atoms with E-state index >= 15 is 0 Å². The number of likely N-dealkylation sites (tertiary alicyclic amines) is 1. The molecule has 0 atom stereocenters. The SMILES string of the molecule is CCN(Cc1cccs1)C(=O)NCCC(=O)N1CCCC1. The van der Waals surface area contributed by atoms with Gasteiger partial charge in [0.1, 0.15) is 0 Å². The number of carbonyl (C=O) groups is 2. The number of hydrogen-bond donors (Lipinski definition) is 1. The maximum atomic E-state index is 12.1. The van der Waals surface area contributed by atoms with Crippen molar-refractivity contribution in [3.05, 3.63) is 22.4 Å². The molecule has 0 unspecified atom stereocenters. The minimum atomic E-state index is -0.0971. The summed E-state index contributed by atoms with van der Waals surface area (Å²) in [6.07, 6.45) is 2.59. The predicted molar refractivity (Wildman–Crippen MR) is 84.2 cm³/mol. The molecule has 1 aliphatic rings. The fraction of sp³-hybridized carbons (Fsp3) is 0.600. The first-order valence-electron chi connectivity index (χ1n) is 7.53. The van der Waals surface area contributed by atoms with Crippen LogP contribution in [0.25, 0.3) is 0 Å². The normalized spacial score (nSPS) is 14.2. The summed E-state index contributed by atoms with van der Waals surface area (Å²) in [7, 11) is 0. The molecule has 0 aromatic carbocycles. The van der Waals surface area contributed by atoms with Gasteiger partial charge >= 0.3 is 6.03 Å². The number of hydrogen-bond acceptors (Lipinski definition) is 3. The van der Waals surface area contributed by atoms with Crippen LogP contribution in [-0.4, -0.2) is 47.9 Å². The number of urea groups is 1. The molecule has 1 fully saturated rings. The summed E-state index contributed by atoms with van der Waals surface area (Å²) >= 11 is 1.65. The monoisotopic (exact) mass is 309 g/mol. The topological polar surface area (TPSA) is 52.7 Å². The Morgan fingerprint density at radius 2 is 2.14 bits per heavy atom. The van der Waals surface area contributed by atoms with E-state index in [1.165, 1.54) is 4.88 Å². The van der Waals surface area contributed by atoms with Crippen molar-refractivity contribution in [2.45, 2.75) is 32.7 Å². The molecule has 116 valence electrons. The molecule has 2 rings (SSSR count). The Labute approximate surface area is 129 Å². The van der Waals surface area contributed by atoms with Gasteiger partial charge in [-0.2, -0.15) is 0 Å². The van der Waals surface area contributed by atoms with Gasteiger partial charge < -0.3 is 15.1 Å². The number of nitrogens with zero attached hydrogens (tertiary/aromatic N) is 2. The van der Waals surface area contributed by atoms with E-state index in [2.05, 4.69) is 5.32 Å². The zero-order valence-electron chi connectivity index (χ0n) is 12.5. The van der Waals surface area contributed by atoms with Gasteiger partial charge in [0.2, 0.25) is 5.91 Å². The molecule has 0 saturated carbocycles. The average Bonchev–Trinajstić information content (AvgIpc) is 3.17. The highest BCUT2D eigenvalue weighted by molar-refractivity contribution is 7.09. The van der Waals surface area contributed by atoms with Crippen molar-refractivity contribution in [1.29, 1.82) is 0 Å². The van der Waals surface area contributed by atoms with Gasteiger partial charge in [0.25, 0.3) is 0 Å². The third kappa shape index (κ3) is 4.74. The number of rotatable bonds is 6. The second-order valence-electron chi connectivity index (χ2n) is 5.16. The molecule has 2 heterocycles. The Morgan fingerprint density at radius 1 is 1.38 bits per heavy atom. The van der Waals surface area contributed by atoms with Crippen LogP contribution >= 0.6 is 11.3 Å². The van der Waals surface area contributed by atoms with E-state index in [1.807, 2.05) is 29.3 Å². The molecule has 1 aliphatic heterocycles. The summed E-state index contributed by atoms with van der Waals surface area (Å²) in [6, 6.07) is 3.91. The van der Waals surface area contributed by atoms with Gasteiger partial charge in [0.15, 0.2) is 0 Å². The van der Waals surface area contributed by atoms with Gasteiger partial charge in [0, 0.05) is 37.5 Å². The molecule has 1 N–H and O–H groups in total. The van der Waals surface area contributed by atoms with Gasteiger partial charge in [-0.05, 0) is 31.2 Å². The quantitative estimate of drug-likeness (QED) is 0.876. The largest absolute Gasteiger partial charge is 0.343 e. The fourth-order valence-electron chi connectivity index (χ4n) is 2.43. The predicted octanol–water partition coefficient (Wildman–Crippen LogP) is 2.29. The summed E-state index contributed by atoms with van der Waals surface area (Å²) < 4.78 is 0. The lowest BCUT2D eigenvalue weighted by Gasteiger charge is -2.21. The van der Waals surface area contributed by atoms with E-state index in [1.54, 1.807) is 16.2 Å². The fourth-order valence-corrected chi connectivity index (χ4v) is 3.15. The molecular formula is C15H23N3O2S. The Balaban J connectivity index is 1.70. The summed E-state index contributed by atoms with van der Waals surface area (Å²) in [6.45, 7) is 5.39. The highest BCUT2D eigenvalue weighted by atomic mass is 32.1. The molecule has 6 heteroatoms. The highest BCUT2D eigenvalue weighted by Crippen LogP contribution is 2.12. The molecule has 0 spiro atoms. The van der Waals surface area contributed by atoms with Crippen LogP contribution < -0.4 is 5.32 Å². The van der Waals surface area contributed by atoms with Crippen LogP contribution in [0.4, 0.5) is 4.79 Å². The smallest absolute Gasteiger partial charge is 0.317 e. The van der Waals surface area contributed by atoms with Crippen LogP contribution in [0.3, 0.4) is 0 Å². The summed E-state index contributed by atoms with van der Waals surface area (Å²) in [5, 5.41) is 4.85. The summed E-state index contributed by atoms with van der Waals surface area (Å²) in [4.78, 5) is 28.8. The standard InChI is InChI=1S/C15H23N3O2S/c1-2-17(12-13-6-5-11-21-13)15(20)16-8-7-14(19)18-9-3-4-10-18/h5-6,11H,2-4,7-10,12H2,1H3,(H,16,20). The number of nitrogens with one attached hydrogen (secondary N) is 1. The average molecular weight is 309 g/mol. The van der Waals surface area contributed by atoms with Crippen molar-refractivity contribution in [1.82, 2.24) is 15.1 Å². The minimum absolute atomic E-state index is 0.0971. The lowest BCUT2D eigenvalue weighted by molar-refractivity contribution is -0.129. The van der Waals surface area contributed by atoms with E-state index in [9.17, 15) is 9.59 Å². The summed E-state index contributed by atoms with van der Waals surface area (Å²) in [5.74, 6) is 0.147. The van der Waals surface area contributed by atoms with Gasteiger partial charge in [0.05, 0.1) is 6.54 Å². The van der Waals surface area contributed by atoms with Crippen LogP contribution in [0.2, 0.25) is 0 Å². The first kappa shape index (κ1) is 15.8. The Morgan fingerprint density at radius 3 is 2.76 bits per heavy atom. The van der Waals surface area contributed by atoms with Crippen LogP contribution in [0.1, 0.15) is 31.1 Å². The zero-order valence-corrected chi connectivity index (χ0v) is 13.3. The lowest BCUT2D eigenvalue weighted by atomic mass is 10.3. The van der Waals surface area contributed by atoms with E-state index in [4.69, 9.17) is 0 Å². The molecule has 0 aliphatic carbocycles. The first-order valence-corrected chi connectivity index (χ1v) is 8.41. The van der Waals surface area contributed by atoms with Crippen LogP contribution in [0.15, 0.2) is 17.5 Å². The Bertz CT molecular complexity index is 455. The molecule has 1 saturated heterocycles. The van der Waals surface area contributed by atoms with E-state index < -0.39 is 0 Å². The van der Waals surface area contributed by atoms with Crippen molar-refractivity contribution in [2.75, 3.05) is 26.2 Å². The number of thiophene rings is 1. The number of amides is 3. The van der Waals surface area contributed by atoms with Crippen molar-refractivity contribution < 1.29 is 9.59 Å². The van der Waals surface area contributed by atoms with Crippen LogP contribution in [-0.2, 0) is 11.3 Å². The zero-order chi connectivity index (χ0) is 15.1. The van der Waals surface area contributed by atoms with Crippen molar-refractivity contribution in [2.24, 2.45) is 0 Å². The van der Waals surface area contributed by atoms with Crippen LogP contribution in [0, 0.1) is 0 Å². The highest BCUT2D eigenvalue weighted by Gasteiger charge is 2.18. The van der Waals surface area contributed by atoms with Crippen LogP contribution in [0.5, 0.6) is 0 Å². The van der Waals surface area contributed by atoms with E-state index in [0.717, 1.165) is 25.9 Å². The molecule has 3 amide bonds. The lowest BCUT2D eigenvalue weighted by Crippen LogP contribution is -2.41. The Hall–Kier alpha value is -1.56. The van der Waals surface area contributed by atoms with Crippen molar-refractivity contribution in [3.8, 4) is 0 Å². The Kier molecular flexibility index (Phi) is 6.04. The van der Waals surface area contributed by atoms with Crippen molar-refractivity contribution >= 4 is 23.3 Å². The number of carbonyl (C=O) groups excluding carboxylic acids is 2. The molecule has 21 heavy (non-hydrogen) atoms. The maximum absolute atomic E-state index is 12.1. The van der Waals surface area contributed by atoms with Gasteiger partial charge in [-0.1, -0.05) is 6.07 Å². The third-order valence-corrected chi connectivity index (χ3v) is 4.53. The second-order valence-corrected chi connectivity index (χ2v) is 6.20. The van der Waals surface area contributed by atoms with Gasteiger partial charge in [-0.15, -0.1) is 11.3 Å². The summed E-state index contributed by atoms with van der Waals surface area (Å²) in [5.41, 5.74) is 0. The molecule has 5 nitrogen and oxygen atoms in total. The van der Waals surface area contributed by atoms with Gasteiger partial charge in [-0.3, -0.25) is 4.79 Å².